The van der Waals surface area contributed by atoms with E-state index in [4.69, 9.17) is 11.6 Å². The normalized spacial score (nSPS) is 10.7. The van der Waals surface area contributed by atoms with Crippen LogP contribution >= 0.6 is 27.5 Å². The average Bonchev–Trinajstić information content (AvgIpc) is 2.31. The highest BCUT2D eigenvalue weighted by molar-refractivity contribution is 9.10. The van der Waals surface area contributed by atoms with E-state index in [2.05, 4.69) is 26.0 Å². The predicted octanol–water partition coefficient (Wildman–Crippen LogP) is 2.15. The lowest BCUT2D eigenvalue weighted by atomic mass is 10.5. The van der Waals surface area contributed by atoms with Crippen LogP contribution in [0.5, 0.6) is 0 Å². The fraction of sp³-hybridized carbons (Fsp3) is 0. The Hall–Kier alpha value is -0.610. The standard InChI is InChI=1S/C6H3BrClN3/c7-4-1-5-6(8)9-3-10-11(5)2-4/h1-3H. The first-order valence-corrected chi connectivity index (χ1v) is 4.09. The number of hydrogen-bond acceptors (Lipinski definition) is 2. The quantitative estimate of drug-likeness (QED) is 0.697. The number of nitrogens with zero attached hydrogens (tertiary/aromatic N) is 3. The van der Waals surface area contributed by atoms with Crippen molar-refractivity contribution in [1.29, 1.82) is 0 Å². The van der Waals surface area contributed by atoms with Crippen LogP contribution in [-0.4, -0.2) is 14.6 Å². The maximum absolute atomic E-state index is 5.78. The molecular formula is C6H3BrClN3. The van der Waals surface area contributed by atoms with Gasteiger partial charge in [0.05, 0.1) is 0 Å². The van der Waals surface area contributed by atoms with Gasteiger partial charge in [-0.2, -0.15) is 5.10 Å². The van der Waals surface area contributed by atoms with Gasteiger partial charge in [0.1, 0.15) is 11.8 Å². The van der Waals surface area contributed by atoms with E-state index in [-0.39, 0.29) is 0 Å². The van der Waals surface area contributed by atoms with Gasteiger partial charge in [-0.05, 0) is 22.0 Å². The molecule has 5 heteroatoms. The zero-order valence-electron chi connectivity index (χ0n) is 5.33. The van der Waals surface area contributed by atoms with Crippen LogP contribution in [0.15, 0.2) is 23.1 Å². The molecule has 0 amide bonds. The first-order valence-electron chi connectivity index (χ1n) is 2.92. The first-order chi connectivity index (χ1) is 5.27. The van der Waals surface area contributed by atoms with Gasteiger partial charge >= 0.3 is 0 Å². The monoisotopic (exact) mass is 231 g/mol. The Morgan fingerprint density at radius 2 is 2.36 bits per heavy atom. The molecule has 2 aromatic heterocycles. The highest BCUT2D eigenvalue weighted by Gasteiger charge is 2.01. The molecule has 2 rings (SSSR count). The minimum Gasteiger partial charge on any atom is -0.235 e. The van der Waals surface area contributed by atoms with Gasteiger partial charge in [-0.25, -0.2) is 9.50 Å². The van der Waals surface area contributed by atoms with Crippen LogP contribution in [0.25, 0.3) is 5.52 Å². The SMILES string of the molecule is Clc1ncnn2cc(Br)cc12. The minimum atomic E-state index is 0.464. The summed E-state index contributed by atoms with van der Waals surface area (Å²) >= 11 is 9.09. The molecule has 11 heavy (non-hydrogen) atoms. The van der Waals surface area contributed by atoms with Crippen LogP contribution in [0.4, 0.5) is 0 Å². The number of halogens is 2. The average molecular weight is 232 g/mol. The molecule has 0 atom stereocenters. The van der Waals surface area contributed by atoms with E-state index in [9.17, 15) is 0 Å². The molecule has 2 heterocycles. The molecule has 0 N–H and O–H groups in total. The molecule has 0 aromatic carbocycles. The molecule has 0 aliphatic rings. The summed E-state index contributed by atoms with van der Waals surface area (Å²) in [5.74, 6) is 0. The summed E-state index contributed by atoms with van der Waals surface area (Å²) in [4.78, 5) is 3.83. The maximum atomic E-state index is 5.78. The van der Waals surface area contributed by atoms with E-state index in [0.29, 0.717) is 5.15 Å². The van der Waals surface area contributed by atoms with Gasteiger partial charge in [0.2, 0.25) is 0 Å². The summed E-state index contributed by atoms with van der Waals surface area (Å²) in [5, 5.41) is 4.42. The lowest BCUT2D eigenvalue weighted by Crippen LogP contribution is -1.90. The van der Waals surface area contributed by atoms with E-state index in [0.717, 1.165) is 9.99 Å². The molecule has 0 saturated carbocycles. The highest BCUT2D eigenvalue weighted by Crippen LogP contribution is 2.19. The molecule has 0 radical (unpaired) electrons. The van der Waals surface area contributed by atoms with E-state index in [1.165, 1.54) is 6.33 Å². The Morgan fingerprint density at radius 1 is 1.55 bits per heavy atom. The minimum absolute atomic E-state index is 0.464. The van der Waals surface area contributed by atoms with E-state index >= 15 is 0 Å². The van der Waals surface area contributed by atoms with Crippen LogP contribution < -0.4 is 0 Å². The molecule has 2 aromatic rings. The van der Waals surface area contributed by atoms with E-state index in [1.54, 1.807) is 4.52 Å². The largest absolute Gasteiger partial charge is 0.235 e. The third-order valence-corrected chi connectivity index (χ3v) is 2.05. The van der Waals surface area contributed by atoms with E-state index in [1.807, 2.05) is 12.3 Å². The Balaban J connectivity index is 2.90. The zero-order valence-corrected chi connectivity index (χ0v) is 7.67. The molecule has 0 unspecified atom stereocenters. The molecule has 3 nitrogen and oxygen atoms in total. The van der Waals surface area contributed by atoms with Crippen molar-refractivity contribution >= 4 is 33.0 Å². The summed E-state index contributed by atoms with van der Waals surface area (Å²) < 4.78 is 2.61. The smallest absolute Gasteiger partial charge is 0.156 e. The summed E-state index contributed by atoms with van der Waals surface area (Å²) in [6, 6.07) is 1.86. The van der Waals surface area contributed by atoms with Gasteiger partial charge in [-0.1, -0.05) is 11.6 Å². The van der Waals surface area contributed by atoms with Crippen molar-refractivity contribution < 1.29 is 0 Å². The maximum Gasteiger partial charge on any atom is 0.156 e. The number of hydrogen-bond donors (Lipinski definition) is 0. The molecule has 56 valence electrons. The predicted molar refractivity (Wildman–Crippen MR) is 45.7 cm³/mol. The Kier molecular flexibility index (Phi) is 1.58. The Bertz CT molecular complexity index is 398. The van der Waals surface area contributed by atoms with Crippen LogP contribution in [-0.2, 0) is 0 Å². The van der Waals surface area contributed by atoms with Gasteiger partial charge in [0, 0.05) is 10.7 Å². The van der Waals surface area contributed by atoms with E-state index < -0.39 is 0 Å². The van der Waals surface area contributed by atoms with Gasteiger partial charge < -0.3 is 0 Å². The lowest BCUT2D eigenvalue weighted by molar-refractivity contribution is 0.902. The summed E-state index contributed by atoms with van der Waals surface area (Å²) in [5.41, 5.74) is 0.807. The number of rotatable bonds is 0. The lowest BCUT2D eigenvalue weighted by Gasteiger charge is -1.91. The van der Waals surface area contributed by atoms with Crippen molar-refractivity contribution in [2.45, 2.75) is 0 Å². The van der Waals surface area contributed by atoms with Crippen LogP contribution in [0, 0.1) is 0 Å². The fourth-order valence-electron chi connectivity index (χ4n) is 0.868. The number of aromatic nitrogens is 3. The summed E-state index contributed by atoms with van der Waals surface area (Å²) in [7, 11) is 0. The zero-order chi connectivity index (χ0) is 7.84. The molecule has 0 fully saturated rings. The van der Waals surface area contributed by atoms with Crippen LogP contribution in [0.2, 0.25) is 5.15 Å². The Labute approximate surface area is 76.1 Å². The molecule has 0 spiro atoms. The van der Waals surface area contributed by atoms with Gasteiger partial charge in [-0.3, -0.25) is 0 Å². The third-order valence-electron chi connectivity index (χ3n) is 1.33. The van der Waals surface area contributed by atoms with Crippen molar-refractivity contribution in [1.82, 2.24) is 14.6 Å². The molecule has 0 saturated heterocycles. The van der Waals surface area contributed by atoms with Crippen molar-refractivity contribution in [3.05, 3.63) is 28.2 Å². The molecular weight excluding hydrogens is 229 g/mol. The van der Waals surface area contributed by atoms with Gasteiger partial charge in [0.15, 0.2) is 5.15 Å². The second kappa shape index (κ2) is 2.46. The van der Waals surface area contributed by atoms with Crippen molar-refractivity contribution in [2.24, 2.45) is 0 Å². The highest BCUT2D eigenvalue weighted by atomic mass is 79.9. The molecule has 0 bridgehead atoms. The van der Waals surface area contributed by atoms with Crippen LogP contribution in [0.1, 0.15) is 0 Å². The molecule has 0 aliphatic heterocycles. The third kappa shape index (κ3) is 1.12. The first kappa shape index (κ1) is 7.06. The second-order valence-electron chi connectivity index (χ2n) is 2.04. The Morgan fingerprint density at radius 3 is 3.09 bits per heavy atom. The topological polar surface area (TPSA) is 30.2 Å². The van der Waals surface area contributed by atoms with Crippen molar-refractivity contribution in [2.75, 3.05) is 0 Å². The number of fused-ring (bicyclic) bond motifs is 1. The summed E-state index contributed by atoms with van der Waals surface area (Å²) in [6.07, 6.45) is 3.24. The summed E-state index contributed by atoms with van der Waals surface area (Å²) in [6.45, 7) is 0. The fourth-order valence-corrected chi connectivity index (χ4v) is 1.46. The van der Waals surface area contributed by atoms with Gasteiger partial charge in [-0.15, -0.1) is 0 Å². The van der Waals surface area contributed by atoms with Crippen molar-refractivity contribution in [3.63, 3.8) is 0 Å². The van der Waals surface area contributed by atoms with Crippen LogP contribution in [0.3, 0.4) is 0 Å². The second-order valence-corrected chi connectivity index (χ2v) is 3.31. The van der Waals surface area contributed by atoms with Crippen molar-refractivity contribution in [3.8, 4) is 0 Å². The van der Waals surface area contributed by atoms with Gasteiger partial charge in [0.25, 0.3) is 0 Å². The molecule has 0 aliphatic carbocycles.